The number of hydrogen-bond acceptors (Lipinski definition) is 9. The molecule has 1 aromatic heterocycles. The van der Waals surface area contributed by atoms with Crippen LogP contribution in [0.15, 0.2) is 120 Å². The van der Waals surface area contributed by atoms with Gasteiger partial charge in [-0.1, -0.05) is 108 Å². The summed E-state index contributed by atoms with van der Waals surface area (Å²) in [5.41, 5.74) is 3.99. The SMILES string of the molecule is C=CCOc1ccc(C2C(=C(O)c3ccc(OCc4cccc(C)c4)cc3)C(=O)C(=O)N2c2nnc(SCc3ccccc3Cl)s2)cc1. The van der Waals surface area contributed by atoms with Gasteiger partial charge in [-0.15, -0.1) is 10.2 Å². The Morgan fingerprint density at radius 2 is 1.71 bits per heavy atom. The van der Waals surface area contributed by atoms with Crippen molar-refractivity contribution in [3.8, 4) is 11.5 Å². The predicted octanol–water partition coefficient (Wildman–Crippen LogP) is 8.56. The number of anilines is 1. The number of ketones is 1. The number of aliphatic hydroxyl groups is 1. The molecule has 2 heterocycles. The van der Waals surface area contributed by atoms with E-state index in [2.05, 4.69) is 22.8 Å². The maximum Gasteiger partial charge on any atom is 0.301 e. The lowest BCUT2D eigenvalue weighted by Gasteiger charge is -2.22. The van der Waals surface area contributed by atoms with E-state index in [1.165, 1.54) is 28.0 Å². The Kier molecular flexibility index (Phi) is 10.2. The van der Waals surface area contributed by atoms with E-state index in [1.807, 2.05) is 49.4 Å². The van der Waals surface area contributed by atoms with Crippen LogP contribution in [0.1, 0.15) is 33.9 Å². The van der Waals surface area contributed by atoms with Gasteiger partial charge in [-0.05, 0) is 66.1 Å². The molecule has 4 aromatic carbocycles. The third-order valence-corrected chi connectivity index (χ3v) is 10.0. The Hall–Kier alpha value is -4.90. The fraction of sp³-hybridized carbons (Fsp3) is 0.135. The van der Waals surface area contributed by atoms with Crippen LogP contribution >= 0.6 is 34.7 Å². The van der Waals surface area contributed by atoms with Crippen LogP contribution in [0.3, 0.4) is 0 Å². The quantitative estimate of drug-likeness (QED) is 0.0346. The number of carbonyl (C=O) groups is 2. The fourth-order valence-electron chi connectivity index (χ4n) is 5.19. The Morgan fingerprint density at radius 1 is 0.979 bits per heavy atom. The van der Waals surface area contributed by atoms with Crippen molar-refractivity contribution in [3.63, 3.8) is 0 Å². The first-order valence-corrected chi connectivity index (χ1v) is 17.1. The second-order valence-corrected chi connectivity index (χ2v) is 13.5. The van der Waals surface area contributed by atoms with Crippen LogP contribution in [0.2, 0.25) is 5.02 Å². The third kappa shape index (κ3) is 7.31. The minimum atomic E-state index is -0.968. The Bertz CT molecular complexity index is 1990. The number of nitrogens with zero attached hydrogens (tertiary/aromatic N) is 3. The number of carbonyl (C=O) groups excluding carboxylic acids is 2. The monoisotopic (exact) mass is 695 g/mol. The van der Waals surface area contributed by atoms with Crippen LogP contribution in [0.25, 0.3) is 5.76 Å². The molecular weight excluding hydrogens is 666 g/mol. The molecule has 1 atom stereocenters. The predicted molar refractivity (Wildman–Crippen MR) is 190 cm³/mol. The highest BCUT2D eigenvalue weighted by molar-refractivity contribution is 8.00. The second kappa shape index (κ2) is 14.9. The molecule has 0 spiro atoms. The number of benzene rings is 4. The summed E-state index contributed by atoms with van der Waals surface area (Å²) in [4.78, 5) is 28.6. The lowest BCUT2D eigenvalue weighted by molar-refractivity contribution is -0.132. The summed E-state index contributed by atoms with van der Waals surface area (Å²) < 4.78 is 12.2. The molecule has 0 saturated carbocycles. The molecule has 1 saturated heterocycles. The number of thioether (sulfide) groups is 1. The normalized spacial score (nSPS) is 15.5. The molecule has 1 N–H and O–H groups in total. The van der Waals surface area contributed by atoms with Crippen LogP contribution in [0, 0.1) is 6.92 Å². The molecule has 48 heavy (non-hydrogen) atoms. The minimum Gasteiger partial charge on any atom is -0.507 e. The van der Waals surface area contributed by atoms with Crippen LogP contribution < -0.4 is 14.4 Å². The van der Waals surface area contributed by atoms with Crippen molar-refractivity contribution in [1.82, 2.24) is 10.2 Å². The van der Waals surface area contributed by atoms with Gasteiger partial charge in [-0.25, -0.2) is 0 Å². The summed E-state index contributed by atoms with van der Waals surface area (Å²) in [5.74, 6) is -0.221. The number of rotatable bonds is 12. The summed E-state index contributed by atoms with van der Waals surface area (Å²) in [6.07, 6.45) is 1.64. The van der Waals surface area contributed by atoms with Gasteiger partial charge in [-0.3, -0.25) is 14.5 Å². The van der Waals surface area contributed by atoms with Crippen LogP contribution in [0.5, 0.6) is 11.5 Å². The largest absolute Gasteiger partial charge is 0.507 e. The standard InChI is InChI=1S/C37H30ClN3O5S2/c1-3-19-45-28-15-11-25(12-16-28)32-31(33(42)26-13-17-29(18-14-26)46-21-24-8-6-7-23(2)20-24)34(43)35(44)41(32)36-39-40-37(48-36)47-22-27-9-4-5-10-30(27)38/h3-18,20,32,42H,1,19,21-22H2,2H3. The topological polar surface area (TPSA) is 102 Å². The molecule has 1 amide bonds. The lowest BCUT2D eigenvalue weighted by atomic mass is 9.95. The molecule has 0 radical (unpaired) electrons. The Balaban J connectivity index is 1.31. The van der Waals surface area contributed by atoms with Gasteiger partial charge in [0.05, 0.1) is 11.6 Å². The molecule has 242 valence electrons. The first kappa shape index (κ1) is 33.0. The summed E-state index contributed by atoms with van der Waals surface area (Å²) in [5, 5.41) is 21.1. The average Bonchev–Trinajstić information content (AvgIpc) is 3.67. The van der Waals surface area contributed by atoms with Gasteiger partial charge in [0.25, 0.3) is 5.78 Å². The van der Waals surface area contributed by atoms with Crippen LogP contribution in [0.4, 0.5) is 5.13 Å². The van der Waals surface area contributed by atoms with Crippen molar-refractivity contribution < 1.29 is 24.2 Å². The van der Waals surface area contributed by atoms with E-state index in [-0.39, 0.29) is 16.5 Å². The van der Waals surface area contributed by atoms with Gasteiger partial charge in [0.15, 0.2) is 4.34 Å². The van der Waals surface area contributed by atoms with Crippen molar-refractivity contribution in [2.45, 2.75) is 29.7 Å². The zero-order valence-corrected chi connectivity index (χ0v) is 28.2. The lowest BCUT2D eigenvalue weighted by Crippen LogP contribution is -2.29. The fourth-order valence-corrected chi connectivity index (χ4v) is 7.35. The summed E-state index contributed by atoms with van der Waals surface area (Å²) in [7, 11) is 0. The van der Waals surface area contributed by atoms with Gasteiger partial charge in [0.2, 0.25) is 5.13 Å². The summed E-state index contributed by atoms with van der Waals surface area (Å²) in [6, 6.07) is 28.3. The van der Waals surface area contributed by atoms with Gasteiger partial charge < -0.3 is 14.6 Å². The molecule has 11 heteroatoms. The second-order valence-electron chi connectivity index (χ2n) is 10.9. The molecule has 1 aliphatic heterocycles. The summed E-state index contributed by atoms with van der Waals surface area (Å²) >= 11 is 8.93. The molecule has 1 aliphatic rings. The van der Waals surface area contributed by atoms with Crippen molar-refractivity contribution in [2.75, 3.05) is 11.5 Å². The van der Waals surface area contributed by atoms with Gasteiger partial charge in [0.1, 0.15) is 30.5 Å². The molecule has 5 aromatic rings. The van der Waals surface area contributed by atoms with E-state index in [0.717, 1.165) is 16.7 Å². The number of ether oxygens (including phenoxy) is 2. The number of halogens is 1. The van der Waals surface area contributed by atoms with E-state index in [4.69, 9.17) is 21.1 Å². The van der Waals surface area contributed by atoms with E-state index in [1.54, 1.807) is 54.6 Å². The van der Waals surface area contributed by atoms with E-state index < -0.39 is 17.7 Å². The first-order valence-electron chi connectivity index (χ1n) is 15.0. The molecule has 1 unspecified atom stereocenters. The van der Waals surface area contributed by atoms with Crippen molar-refractivity contribution in [2.24, 2.45) is 0 Å². The molecule has 0 bridgehead atoms. The van der Waals surface area contributed by atoms with Crippen molar-refractivity contribution in [1.29, 1.82) is 0 Å². The van der Waals surface area contributed by atoms with Gasteiger partial charge >= 0.3 is 5.91 Å². The third-order valence-electron chi connectivity index (χ3n) is 7.53. The number of amides is 1. The number of Topliss-reactive ketones (excluding diaryl/α,β-unsaturated/α-hetero) is 1. The number of aromatic nitrogens is 2. The highest BCUT2D eigenvalue weighted by atomic mass is 35.5. The highest BCUT2D eigenvalue weighted by Crippen LogP contribution is 2.44. The zero-order chi connectivity index (χ0) is 33.6. The van der Waals surface area contributed by atoms with E-state index in [9.17, 15) is 14.7 Å². The van der Waals surface area contributed by atoms with Gasteiger partial charge in [-0.2, -0.15) is 0 Å². The molecule has 6 rings (SSSR count). The number of aliphatic hydroxyl groups excluding tert-OH is 1. The molecule has 8 nitrogen and oxygen atoms in total. The van der Waals surface area contributed by atoms with E-state index in [0.29, 0.717) is 51.0 Å². The maximum atomic E-state index is 13.7. The van der Waals surface area contributed by atoms with E-state index >= 15 is 0 Å². The molecule has 1 fully saturated rings. The maximum absolute atomic E-state index is 13.7. The highest BCUT2D eigenvalue weighted by Gasteiger charge is 2.48. The van der Waals surface area contributed by atoms with Crippen molar-refractivity contribution >= 4 is 57.3 Å². The van der Waals surface area contributed by atoms with Crippen LogP contribution in [-0.2, 0) is 21.9 Å². The number of aryl methyl sites for hydroxylation is 1. The first-order chi connectivity index (χ1) is 23.3. The van der Waals surface area contributed by atoms with Crippen molar-refractivity contribution in [3.05, 3.63) is 148 Å². The average molecular weight is 696 g/mol. The smallest absolute Gasteiger partial charge is 0.301 e. The molecule has 0 aliphatic carbocycles. The Labute approximate surface area is 291 Å². The van der Waals surface area contributed by atoms with Crippen LogP contribution in [-0.4, -0.2) is 33.6 Å². The minimum absolute atomic E-state index is 0.0614. The number of hydrogen-bond donors (Lipinski definition) is 1. The molecular formula is C37H30ClN3O5S2. The Morgan fingerprint density at radius 3 is 2.44 bits per heavy atom. The zero-order valence-electron chi connectivity index (χ0n) is 25.8. The summed E-state index contributed by atoms with van der Waals surface area (Å²) in [6.45, 7) is 6.40. The van der Waals surface area contributed by atoms with Gasteiger partial charge in [0, 0.05) is 16.3 Å².